The van der Waals surface area contributed by atoms with Crippen LogP contribution in [0.4, 0.5) is 0 Å². The van der Waals surface area contributed by atoms with Gasteiger partial charge in [0, 0.05) is 6.54 Å². The van der Waals surface area contributed by atoms with Crippen LogP contribution in [-0.4, -0.2) is 18.5 Å². The van der Waals surface area contributed by atoms with Crippen molar-refractivity contribution in [2.24, 2.45) is 11.1 Å². The van der Waals surface area contributed by atoms with Gasteiger partial charge in [-0.15, -0.1) is 0 Å². The number of benzene rings is 1. The lowest BCUT2D eigenvalue weighted by molar-refractivity contribution is -0.122. The minimum atomic E-state index is -0.486. The number of carbonyl (C=O) groups is 1. The molecule has 1 aromatic rings. The van der Waals surface area contributed by atoms with Crippen molar-refractivity contribution in [1.29, 1.82) is 0 Å². The van der Waals surface area contributed by atoms with Crippen molar-refractivity contribution in [3.8, 4) is 0 Å². The number of nitrogens with one attached hydrogen (secondary N) is 1. The van der Waals surface area contributed by atoms with Crippen molar-refractivity contribution < 1.29 is 4.79 Å². The number of nitrogens with two attached hydrogens (primary N) is 1. The van der Waals surface area contributed by atoms with Crippen molar-refractivity contribution in [2.45, 2.75) is 72.8 Å². The molecule has 0 bridgehead atoms. The lowest BCUT2D eigenvalue weighted by Gasteiger charge is -2.32. The van der Waals surface area contributed by atoms with Crippen molar-refractivity contribution in [1.82, 2.24) is 5.32 Å². The molecule has 1 aliphatic rings. The summed E-state index contributed by atoms with van der Waals surface area (Å²) < 4.78 is 0. The third-order valence-corrected chi connectivity index (χ3v) is 6.40. The highest BCUT2D eigenvalue weighted by atomic mass is 16.2. The Hall–Kier alpha value is -2.65. The average molecular weight is 447 g/mol. The lowest BCUT2D eigenvalue weighted by atomic mass is 9.72. The number of aryl methyl sites for hydroxylation is 1. The summed E-state index contributed by atoms with van der Waals surface area (Å²) in [5.41, 5.74) is 12.8. The van der Waals surface area contributed by atoms with E-state index < -0.39 is 6.04 Å². The van der Waals surface area contributed by atoms with Crippen LogP contribution in [0.5, 0.6) is 0 Å². The Morgan fingerprint density at radius 2 is 1.88 bits per heavy atom. The van der Waals surface area contributed by atoms with Gasteiger partial charge in [0.05, 0.1) is 6.04 Å². The summed E-state index contributed by atoms with van der Waals surface area (Å²) in [5.74, 6) is -0.102. The van der Waals surface area contributed by atoms with Gasteiger partial charge in [-0.25, -0.2) is 0 Å². The van der Waals surface area contributed by atoms with E-state index in [-0.39, 0.29) is 11.3 Å². The maximum Gasteiger partial charge on any atom is 0.237 e. The van der Waals surface area contributed by atoms with E-state index in [9.17, 15) is 4.79 Å². The molecule has 33 heavy (non-hydrogen) atoms. The smallest absolute Gasteiger partial charge is 0.237 e. The molecule has 0 spiro atoms. The van der Waals surface area contributed by atoms with Crippen LogP contribution < -0.4 is 11.1 Å². The summed E-state index contributed by atoms with van der Waals surface area (Å²) in [6.07, 6.45) is 18.0. The second kappa shape index (κ2) is 13.2. The third kappa shape index (κ3) is 9.39. The van der Waals surface area contributed by atoms with Gasteiger partial charge in [-0.2, -0.15) is 0 Å². The van der Waals surface area contributed by atoms with Gasteiger partial charge in [0.1, 0.15) is 0 Å². The normalized spacial score (nSPS) is 18.2. The molecule has 1 aromatic carbocycles. The molecule has 3 heteroatoms. The zero-order valence-corrected chi connectivity index (χ0v) is 21.2. The minimum absolute atomic E-state index is 0.102. The van der Waals surface area contributed by atoms with E-state index in [1.165, 1.54) is 41.5 Å². The maximum absolute atomic E-state index is 12.2. The summed E-state index contributed by atoms with van der Waals surface area (Å²) in [6.45, 7) is 11.6. The quantitative estimate of drug-likeness (QED) is 0.398. The zero-order chi connectivity index (χ0) is 24.3. The van der Waals surface area contributed by atoms with Crippen LogP contribution >= 0.6 is 0 Å². The molecule has 3 nitrogen and oxygen atoms in total. The standard InChI is InChI=1S/C30H42N2O/c1-23(16-18-27-25(3)13-10-21-30(27,4)5)11-9-12-24(2)20-22-32-29(33)28(31)19-17-26-14-7-6-8-15-26/h6-9,11-12,14-16,18,20,28H,10,13,17,19,21-22,31H2,1-5H3,(H,32,33)/b12-9+,18-16+,23-11+,24-20+/t28-/m0/s1. The Kier molecular flexibility index (Phi) is 10.6. The maximum atomic E-state index is 12.2. The number of hydrogen-bond acceptors (Lipinski definition) is 2. The van der Waals surface area contributed by atoms with Crippen LogP contribution in [0.3, 0.4) is 0 Å². The van der Waals surface area contributed by atoms with Crippen LogP contribution in [0.15, 0.2) is 89.1 Å². The predicted octanol–water partition coefficient (Wildman–Crippen LogP) is 6.59. The molecule has 3 N–H and O–H groups in total. The predicted molar refractivity (Wildman–Crippen MR) is 142 cm³/mol. The van der Waals surface area contributed by atoms with Crippen molar-refractivity contribution in [2.75, 3.05) is 6.54 Å². The zero-order valence-electron chi connectivity index (χ0n) is 21.2. The summed E-state index contributed by atoms with van der Waals surface area (Å²) in [5, 5.41) is 2.91. The first-order valence-corrected chi connectivity index (χ1v) is 12.2. The van der Waals surface area contributed by atoms with E-state index in [2.05, 4.69) is 75.5 Å². The molecule has 0 unspecified atom stereocenters. The van der Waals surface area contributed by atoms with Crippen LogP contribution in [0.2, 0.25) is 0 Å². The molecule has 0 aromatic heterocycles. The van der Waals surface area contributed by atoms with Crippen molar-refractivity contribution >= 4 is 5.91 Å². The van der Waals surface area contributed by atoms with Gasteiger partial charge in [0.25, 0.3) is 0 Å². The monoisotopic (exact) mass is 446 g/mol. The molecule has 1 atom stereocenters. The van der Waals surface area contributed by atoms with Gasteiger partial charge in [0.15, 0.2) is 0 Å². The van der Waals surface area contributed by atoms with E-state index in [1.54, 1.807) is 0 Å². The molecule has 2 rings (SSSR count). The summed E-state index contributed by atoms with van der Waals surface area (Å²) >= 11 is 0. The van der Waals surface area contributed by atoms with E-state index >= 15 is 0 Å². The third-order valence-electron chi connectivity index (χ3n) is 6.40. The molecule has 0 radical (unpaired) electrons. The Labute approximate surface area is 201 Å². The number of rotatable bonds is 10. The first-order chi connectivity index (χ1) is 15.7. The molecule has 178 valence electrons. The summed E-state index contributed by atoms with van der Waals surface area (Å²) in [4.78, 5) is 12.2. The largest absolute Gasteiger partial charge is 0.351 e. The second-order valence-electron chi connectivity index (χ2n) is 9.86. The second-order valence-corrected chi connectivity index (χ2v) is 9.86. The number of carbonyl (C=O) groups excluding carboxylic acids is 1. The molecule has 0 heterocycles. The summed E-state index contributed by atoms with van der Waals surface area (Å²) in [7, 11) is 0. The Bertz CT molecular complexity index is 929. The average Bonchev–Trinajstić information content (AvgIpc) is 2.77. The molecule has 1 aliphatic carbocycles. The van der Waals surface area contributed by atoms with Gasteiger partial charge in [-0.05, 0) is 69.4 Å². The molecule has 0 saturated heterocycles. The van der Waals surface area contributed by atoms with Gasteiger partial charge >= 0.3 is 0 Å². The number of allylic oxidation sites excluding steroid dienone is 9. The first kappa shape index (κ1) is 26.6. The Morgan fingerprint density at radius 1 is 1.15 bits per heavy atom. The van der Waals surface area contributed by atoms with E-state index in [0.29, 0.717) is 13.0 Å². The Morgan fingerprint density at radius 3 is 2.58 bits per heavy atom. The van der Waals surface area contributed by atoms with E-state index in [0.717, 1.165) is 12.0 Å². The molecule has 1 amide bonds. The van der Waals surface area contributed by atoms with Gasteiger partial charge in [-0.1, -0.05) is 97.4 Å². The highest BCUT2D eigenvalue weighted by Gasteiger charge is 2.26. The highest BCUT2D eigenvalue weighted by Crippen LogP contribution is 2.40. The SMILES string of the molecule is CC1=C(/C=C/C(C)=C/C=C/C(C)=C/CNC(=O)[C@@H](N)CCc2ccccc2)C(C)(C)CCC1. The van der Waals surface area contributed by atoms with Crippen LogP contribution in [0.1, 0.15) is 65.9 Å². The molecule has 0 aliphatic heterocycles. The van der Waals surface area contributed by atoms with Crippen LogP contribution in [-0.2, 0) is 11.2 Å². The highest BCUT2D eigenvalue weighted by molar-refractivity contribution is 5.81. The fourth-order valence-electron chi connectivity index (χ4n) is 4.24. The van der Waals surface area contributed by atoms with Crippen molar-refractivity contribution in [3.63, 3.8) is 0 Å². The summed E-state index contributed by atoms with van der Waals surface area (Å²) in [6, 6.07) is 9.63. The van der Waals surface area contributed by atoms with E-state index in [4.69, 9.17) is 5.73 Å². The van der Waals surface area contributed by atoms with Gasteiger partial charge in [-0.3, -0.25) is 4.79 Å². The van der Waals surface area contributed by atoms with E-state index in [1.807, 2.05) is 31.2 Å². The topological polar surface area (TPSA) is 55.1 Å². The van der Waals surface area contributed by atoms with Crippen LogP contribution in [0.25, 0.3) is 0 Å². The Balaban J connectivity index is 1.78. The molecule has 0 saturated carbocycles. The first-order valence-electron chi connectivity index (χ1n) is 12.2. The number of amides is 1. The van der Waals surface area contributed by atoms with Gasteiger partial charge in [0.2, 0.25) is 5.91 Å². The fourth-order valence-corrected chi connectivity index (χ4v) is 4.24. The lowest BCUT2D eigenvalue weighted by Crippen LogP contribution is -2.40. The molecular formula is C30H42N2O. The van der Waals surface area contributed by atoms with Crippen molar-refractivity contribution in [3.05, 3.63) is 94.6 Å². The minimum Gasteiger partial charge on any atom is -0.351 e. The number of hydrogen-bond donors (Lipinski definition) is 2. The van der Waals surface area contributed by atoms with Crippen LogP contribution in [0, 0.1) is 5.41 Å². The molecular weight excluding hydrogens is 404 g/mol. The van der Waals surface area contributed by atoms with Gasteiger partial charge < -0.3 is 11.1 Å². The molecule has 0 fully saturated rings. The fraction of sp³-hybridized carbons (Fsp3) is 0.433.